The fourth-order valence-electron chi connectivity index (χ4n) is 2.14. The van der Waals surface area contributed by atoms with Crippen LogP contribution in [0.25, 0.3) is 0 Å². The van der Waals surface area contributed by atoms with E-state index in [-0.39, 0.29) is 0 Å². The predicted molar refractivity (Wildman–Crippen MR) is 75.2 cm³/mol. The first-order chi connectivity index (χ1) is 8.23. The summed E-state index contributed by atoms with van der Waals surface area (Å²) in [4.78, 5) is 0. The third-order valence-electron chi connectivity index (χ3n) is 3.25. The summed E-state index contributed by atoms with van der Waals surface area (Å²) in [6.07, 6.45) is 1.76. The molecule has 2 N–H and O–H groups in total. The zero-order valence-electron chi connectivity index (χ0n) is 11.1. The Labute approximate surface area is 109 Å². The van der Waals surface area contributed by atoms with E-state index in [1.165, 1.54) is 4.31 Å². The van der Waals surface area contributed by atoms with E-state index in [9.17, 15) is 8.42 Å². The lowest BCUT2D eigenvalue weighted by atomic mass is 10.0. The average Bonchev–Trinajstić information content (AvgIpc) is 2.26. The summed E-state index contributed by atoms with van der Waals surface area (Å²) in [5.74, 6) is 0. The van der Waals surface area contributed by atoms with Crippen molar-refractivity contribution in [3.05, 3.63) is 23.8 Å². The van der Waals surface area contributed by atoms with E-state index < -0.39 is 14.8 Å². The van der Waals surface area contributed by atoms with Crippen molar-refractivity contribution in [1.29, 1.82) is 0 Å². The molecule has 0 radical (unpaired) electrons. The zero-order chi connectivity index (χ0) is 13.6. The van der Waals surface area contributed by atoms with Crippen molar-refractivity contribution in [1.82, 2.24) is 0 Å². The maximum atomic E-state index is 12.6. The Morgan fingerprint density at radius 2 is 1.94 bits per heavy atom. The Balaban J connectivity index is 2.55. The number of hydrogen-bond acceptors (Lipinski definition) is 3. The molecule has 5 heteroatoms. The number of rotatable bonds is 1. The molecule has 1 aliphatic rings. The molecule has 2 rings (SSSR count). The quantitative estimate of drug-likeness (QED) is 0.794. The molecule has 0 bridgehead atoms. The Hall–Kier alpha value is -1.23. The van der Waals surface area contributed by atoms with Gasteiger partial charge in [-0.15, -0.1) is 0 Å². The Morgan fingerprint density at radius 1 is 1.28 bits per heavy atom. The second-order valence-electron chi connectivity index (χ2n) is 5.68. The second-order valence-corrected chi connectivity index (χ2v) is 8.30. The third kappa shape index (κ3) is 2.07. The van der Waals surface area contributed by atoms with E-state index in [0.29, 0.717) is 12.2 Å². The predicted octanol–water partition coefficient (Wildman–Crippen LogP) is 2.15. The van der Waals surface area contributed by atoms with Gasteiger partial charge in [0.2, 0.25) is 10.0 Å². The fourth-order valence-corrected chi connectivity index (χ4v) is 3.60. The monoisotopic (exact) mass is 268 g/mol. The number of fused-ring (bicyclic) bond motifs is 1. The van der Waals surface area contributed by atoms with Gasteiger partial charge in [-0.25, -0.2) is 8.42 Å². The molecule has 1 aliphatic heterocycles. The molecule has 1 heterocycles. The second kappa shape index (κ2) is 4.16. The molecule has 0 saturated heterocycles. The Bertz CT molecular complexity index is 559. The summed E-state index contributed by atoms with van der Waals surface area (Å²) in [6, 6.07) is 5.51. The molecular formula is C13H20N2O2S. The standard InChI is InChI=1S/C13H20N2O2S/c1-13(2,3)18(16,17)15-8-4-5-10-6-7-11(14)9-12(10)15/h6-7,9H,4-5,8,14H2,1-3H3. The van der Waals surface area contributed by atoms with E-state index in [1.54, 1.807) is 26.8 Å². The summed E-state index contributed by atoms with van der Waals surface area (Å²) in [7, 11) is -3.35. The molecule has 0 aromatic heterocycles. The van der Waals surface area contributed by atoms with Crippen LogP contribution >= 0.6 is 0 Å². The molecule has 0 saturated carbocycles. The van der Waals surface area contributed by atoms with Gasteiger partial charge in [0.15, 0.2) is 0 Å². The number of benzene rings is 1. The molecule has 1 aromatic rings. The summed E-state index contributed by atoms with van der Waals surface area (Å²) in [5, 5.41) is 0. The van der Waals surface area contributed by atoms with Crippen molar-refractivity contribution >= 4 is 21.4 Å². The number of nitrogens with zero attached hydrogens (tertiary/aromatic N) is 1. The van der Waals surface area contributed by atoms with Crippen LogP contribution in [0.1, 0.15) is 32.8 Å². The summed E-state index contributed by atoms with van der Waals surface area (Å²) in [6.45, 7) is 5.71. The van der Waals surface area contributed by atoms with Gasteiger partial charge in [-0.3, -0.25) is 4.31 Å². The normalized spacial score (nSPS) is 16.5. The first-order valence-electron chi connectivity index (χ1n) is 6.14. The van der Waals surface area contributed by atoms with Crippen LogP contribution in [-0.4, -0.2) is 19.7 Å². The average molecular weight is 268 g/mol. The number of hydrogen-bond donors (Lipinski definition) is 1. The van der Waals surface area contributed by atoms with Crippen LogP contribution in [0.15, 0.2) is 18.2 Å². The molecule has 0 atom stereocenters. The van der Waals surface area contributed by atoms with Gasteiger partial charge >= 0.3 is 0 Å². The minimum absolute atomic E-state index is 0.538. The van der Waals surface area contributed by atoms with Crippen LogP contribution in [0.2, 0.25) is 0 Å². The SMILES string of the molecule is CC(C)(C)S(=O)(=O)N1CCCc2ccc(N)cc21. The number of nitrogens with two attached hydrogens (primary N) is 1. The number of aryl methyl sites for hydroxylation is 1. The first kappa shape index (κ1) is 13.2. The van der Waals surface area contributed by atoms with Gasteiger partial charge in [0.1, 0.15) is 0 Å². The van der Waals surface area contributed by atoms with Crippen molar-refractivity contribution < 1.29 is 8.42 Å². The minimum Gasteiger partial charge on any atom is -0.399 e. The highest BCUT2D eigenvalue weighted by Crippen LogP contribution is 2.34. The van der Waals surface area contributed by atoms with Gasteiger partial charge in [-0.1, -0.05) is 6.07 Å². The molecule has 1 aromatic carbocycles. The van der Waals surface area contributed by atoms with E-state index in [4.69, 9.17) is 5.73 Å². The number of nitrogen functional groups attached to an aromatic ring is 1. The fraction of sp³-hybridized carbons (Fsp3) is 0.538. The highest BCUT2D eigenvalue weighted by molar-refractivity contribution is 7.94. The Kier molecular flexibility index (Phi) is 3.05. The molecule has 18 heavy (non-hydrogen) atoms. The largest absolute Gasteiger partial charge is 0.399 e. The lowest BCUT2D eigenvalue weighted by Gasteiger charge is -2.35. The van der Waals surface area contributed by atoms with Crippen molar-refractivity contribution in [2.75, 3.05) is 16.6 Å². The third-order valence-corrected chi connectivity index (χ3v) is 5.76. The smallest absolute Gasteiger partial charge is 0.240 e. The minimum atomic E-state index is -3.35. The van der Waals surface area contributed by atoms with Crippen LogP contribution in [0.5, 0.6) is 0 Å². The van der Waals surface area contributed by atoms with Gasteiger partial charge in [-0.05, 0) is 51.3 Å². The summed E-state index contributed by atoms with van der Waals surface area (Å²) >= 11 is 0. The van der Waals surface area contributed by atoms with Crippen molar-refractivity contribution in [3.8, 4) is 0 Å². The maximum Gasteiger partial charge on any atom is 0.240 e. The number of anilines is 2. The Morgan fingerprint density at radius 3 is 2.56 bits per heavy atom. The molecule has 0 spiro atoms. The van der Waals surface area contributed by atoms with Gasteiger partial charge in [0.25, 0.3) is 0 Å². The maximum absolute atomic E-state index is 12.6. The lowest BCUT2D eigenvalue weighted by Crippen LogP contribution is -2.45. The molecule has 0 amide bonds. The van der Waals surface area contributed by atoms with Crippen LogP contribution in [-0.2, 0) is 16.4 Å². The van der Waals surface area contributed by atoms with Gasteiger partial charge in [-0.2, -0.15) is 0 Å². The highest BCUT2D eigenvalue weighted by Gasteiger charge is 2.37. The molecule has 0 fully saturated rings. The molecule has 100 valence electrons. The number of sulfonamides is 1. The van der Waals surface area contributed by atoms with E-state index in [2.05, 4.69) is 0 Å². The van der Waals surface area contributed by atoms with E-state index >= 15 is 0 Å². The van der Waals surface area contributed by atoms with Gasteiger partial charge in [0.05, 0.1) is 10.4 Å². The van der Waals surface area contributed by atoms with Crippen LogP contribution < -0.4 is 10.0 Å². The molecule has 0 unspecified atom stereocenters. The van der Waals surface area contributed by atoms with Crippen LogP contribution in [0.3, 0.4) is 0 Å². The van der Waals surface area contributed by atoms with Crippen molar-refractivity contribution in [3.63, 3.8) is 0 Å². The molecular weight excluding hydrogens is 248 g/mol. The van der Waals surface area contributed by atoms with Crippen molar-refractivity contribution in [2.24, 2.45) is 0 Å². The summed E-state index contributed by atoms with van der Waals surface area (Å²) < 4.78 is 25.8. The first-order valence-corrected chi connectivity index (χ1v) is 7.58. The molecule has 0 aliphatic carbocycles. The van der Waals surface area contributed by atoms with Crippen LogP contribution in [0, 0.1) is 0 Å². The van der Waals surface area contributed by atoms with E-state index in [0.717, 1.165) is 24.1 Å². The van der Waals surface area contributed by atoms with Gasteiger partial charge < -0.3 is 5.73 Å². The van der Waals surface area contributed by atoms with Crippen molar-refractivity contribution in [2.45, 2.75) is 38.4 Å². The topological polar surface area (TPSA) is 63.4 Å². The van der Waals surface area contributed by atoms with Gasteiger partial charge in [0, 0.05) is 12.2 Å². The van der Waals surface area contributed by atoms with Crippen LogP contribution in [0.4, 0.5) is 11.4 Å². The highest BCUT2D eigenvalue weighted by atomic mass is 32.2. The molecule has 4 nitrogen and oxygen atoms in total. The van der Waals surface area contributed by atoms with E-state index in [1.807, 2.05) is 12.1 Å². The zero-order valence-corrected chi connectivity index (χ0v) is 11.9. The summed E-state index contributed by atoms with van der Waals surface area (Å²) in [5.41, 5.74) is 8.18. The lowest BCUT2D eigenvalue weighted by molar-refractivity contribution is 0.551.